The minimum atomic E-state index is 0.0651. The van der Waals surface area contributed by atoms with Crippen LogP contribution in [0.4, 0.5) is 5.13 Å². The lowest BCUT2D eigenvalue weighted by molar-refractivity contribution is 0.102. The normalized spacial score (nSPS) is 11.1. The summed E-state index contributed by atoms with van der Waals surface area (Å²) in [4.78, 5) is 12.7. The maximum Gasteiger partial charge on any atom is 0.206 e. The van der Waals surface area contributed by atoms with Crippen LogP contribution >= 0.6 is 23.1 Å². The van der Waals surface area contributed by atoms with E-state index in [-0.39, 0.29) is 5.78 Å². The monoisotopic (exact) mass is 405 g/mol. The Hall–Kier alpha value is -2.13. The van der Waals surface area contributed by atoms with Gasteiger partial charge in [-0.15, -0.1) is 10.2 Å². The van der Waals surface area contributed by atoms with Gasteiger partial charge in [-0.05, 0) is 33.3 Å². The zero-order valence-corrected chi connectivity index (χ0v) is 17.5. The van der Waals surface area contributed by atoms with Crippen molar-refractivity contribution in [2.45, 2.75) is 44.9 Å². The third-order valence-electron chi connectivity index (χ3n) is 4.12. The number of ketones is 1. The molecule has 0 unspecified atom stereocenters. The fourth-order valence-electron chi connectivity index (χ4n) is 2.77. The Morgan fingerprint density at radius 2 is 2.11 bits per heavy atom. The molecule has 7 nitrogen and oxygen atoms in total. The lowest BCUT2D eigenvalue weighted by atomic mass is 10.2. The molecule has 144 valence electrons. The van der Waals surface area contributed by atoms with Crippen molar-refractivity contribution in [2.24, 2.45) is 0 Å². The molecule has 0 amide bonds. The molecule has 0 aliphatic heterocycles. The van der Waals surface area contributed by atoms with Gasteiger partial charge in [0.05, 0.1) is 5.75 Å². The molecule has 0 saturated carbocycles. The summed E-state index contributed by atoms with van der Waals surface area (Å²) in [5, 5.41) is 16.4. The van der Waals surface area contributed by atoms with Gasteiger partial charge in [0.2, 0.25) is 5.13 Å². The van der Waals surface area contributed by atoms with Crippen LogP contribution in [0.25, 0.3) is 5.82 Å². The molecule has 0 spiro atoms. The molecule has 0 aliphatic carbocycles. The molecular formula is C18H23N5O2S2. The van der Waals surface area contributed by atoms with Crippen LogP contribution in [0.2, 0.25) is 0 Å². The van der Waals surface area contributed by atoms with Crippen LogP contribution in [0, 0.1) is 20.8 Å². The second-order valence-corrected chi connectivity index (χ2v) is 8.48. The molecule has 0 saturated heterocycles. The first-order valence-corrected chi connectivity index (χ1v) is 10.7. The number of rotatable bonds is 9. The van der Waals surface area contributed by atoms with E-state index in [0.717, 1.165) is 46.0 Å². The minimum Gasteiger partial charge on any atom is -0.360 e. The molecule has 3 aromatic heterocycles. The smallest absolute Gasteiger partial charge is 0.206 e. The first-order chi connectivity index (χ1) is 13.0. The zero-order valence-electron chi connectivity index (χ0n) is 15.9. The Morgan fingerprint density at radius 3 is 2.81 bits per heavy atom. The van der Waals surface area contributed by atoms with E-state index in [1.807, 2.05) is 37.5 Å². The Labute approximate surface area is 166 Å². The Morgan fingerprint density at radius 1 is 1.30 bits per heavy atom. The van der Waals surface area contributed by atoms with Gasteiger partial charge in [-0.2, -0.15) is 0 Å². The summed E-state index contributed by atoms with van der Waals surface area (Å²) in [6, 6.07) is 3.76. The van der Waals surface area contributed by atoms with Crippen LogP contribution in [0.15, 0.2) is 21.0 Å². The third kappa shape index (κ3) is 4.59. The molecule has 0 atom stereocenters. The van der Waals surface area contributed by atoms with Crippen molar-refractivity contribution >= 4 is 34.0 Å². The molecule has 3 aromatic rings. The molecule has 0 fully saturated rings. The van der Waals surface area contributed by atoms with Crippen LogP contribution < -0.4 is 5.32 Å². The maximum atomic E-state index is 12.7. The van der Waals surface area contributed by atoms with Gasteiger partial charge < -0.3 is 9.84 Å². The molecule has 3 heterocycles. The number of unbranched alkanes of at least 4 members (excludes halogenated alkanes) is 1. The number of nitrogens with zero attached hydrogens (tertiary/aromatic N) is 4. The molecule has 3 rings (SSSR count). The summed E-state index contributed by atoms with van der Waals surface area (Å²) < 4.78 is 7.90. The second-order valence-electron chi connectivity index (χ2n) is 6.28. The number of nitrogens with one attached hydrogen (secondary N) is 1. The van der Waals surface area contributed by atoms with Gasteiger partial charge >= 0.3 is 0 Å². The predicted molar refractivity (Wildman–Crippen MR) is 108 cm³/mol. The maximum absolute atomic E-state index is 12.7. The van der Waals surface area contributed by atoms with E-state index in [0.29, 0.717) is 17.1 Å². The Kier molecular flexibility index (Phi) is 6.33. The first kappa shape index (κ1) is 19.6. The minimum absolute atomic E-state index is 0.0651. The van der Waals surface area contributed by atoms with Crippen molar-refractivity contribution in [2.75, 3.05) is 17.6 Å². The number of hydrogen-bond acceptors (Lipinski definition) is 8. The van der Waals surface area contributed by atoms with Crippen LogP contribution in [0.5, 0.6) is 0 Å². The van der Waals surface area contributed by atoms with Gasteiger partial charge in [0, 0.05) is 29.6 Å². The van der Waals surface area contributed by atoms with Crippen LogP contribution in [-0.2, 0) is 0 Å². The van der Waals surface area contributed by atoms with Crippen LogP contribution in [-0.4, -0.2) is 38.0 Å². The van der Waals surface area contributed by atoms with Crippen LogP contribution in [0.3, 0.4) is 0 Å². The lowest BCUT2D eigenvalue weighted by Gasteiger charge is -2.04. The SMILES string of the molecule is CCCCNc1nnc(SCC(=O)c2cc(C)n(-c3cc(C)on3)c2C)s1. The highest BCUT2D eigenvalue weighted by Crippen LogP contribution is 2.27. The van der Waals surface area contributed by atoms with Gasteiger partial charge in [-0.3, -0.25) is 9.36 Å². The summed E-state index contributed by atoms with van der Waals surface area (Å²) in [5.74, 6) is 1.82. The van der Waals surface area contributed by atoms with E-state index in [9.17, 15) is 4.79 Å². The number of aromatic nitrogens is 4. The molecule has 0 bridgehead atoms. The average Bonchev–Trinajstić information content (AvgIpc) is 3.33. The summed E-state index contributed by atoms with van der Waals surface area (Å²) in [7, 11) is 0. The molecule has 0 aromatic carbocycles. The van der Waals surface area contributed by atoms with Gasteiger partial charge in [0.15, 0.2) is 15.9 Å². The number of thioether (sulfide) groups is 1. The number of carbonyl (C=O) groups is 1. The summed E-state index contributed by atoms with van der Waals surface area (Å²) in [5.41, 5.74) is 2.52. The number of hydrogen-bond donors (Lipinski definition) is 1. The van der Waals surface area contributed by atoms with Crippen molar-refractivity contribution < 1.29 is 9.32 Å². The second kappa shape index (κ2) is 8.71. The Bertz CT molecular complexity index is 928. The van der Waals surface area contributed by atoms with E-state index in [1.54, 1.807) is 0 Å². The molecule has 0 radical (unpaired) electrons. The summed E-state index contributed by atoms with van der Waals surface area (Å²) in [6.45, 7) is 8.77. The van der Waals surface area contributed by atoms with E-state index in [2.05, 4.69) is 27.6 Å². The predicted octanol–water partition coefficient (Wildman–Crippen LogP) is 4.43. The molecular weight excluding hydrogens is 382 g/mol. The van der Waals surface area contributed by atoms with E-state index < -0.39 is 0 Å². The van der Waals surface area contributed by atoms with Crippen molar-refractivity contribution in [3.8, 4) is 5.82 Å². The van der Waals surface area contributed by atoms with Gasteiger partial charge in [0.25, 0.3) is 0 Å². The molecule has 1 N–H and O–H groups in total. The van der Waals surface area contributed by atoms with Crippen LogP contribution in [0.1, 0.15) is 47.3 Å². The van der Waals surface area contributed by atoms with Crippen molar-refractivity contribution in [1.29, 1.82) is 0 Å². The number of carbonyl (C=O) groups excluding carboxylic acids is 1. The van der Waals surface area contributed by atoms with Gasteiger partial charge in [-0.1, -0.05) is 41.6 Å². The van der Waals surface area contributed by atoms with Crippen molar-refractivity contribution in [3.05, 3.63) is 34.8 Å². The largest absolute Gasteiger partial charge is 0.360 e. The number of aryl methyl sites for hydroxylation is 2. The van der Waals surface area contributed by atoms with E-state index in [4.69, 9.17) is 4.52 Å². The van der Waals surface area contributed by atoms with Gasteiger partial charge in [0.1, 0.15) is 5.76 Å². The van der Waals surface area contributed by atoms with E-state index >= 15 is 0 Å². The summed E-state index contributed by atoms with van der Waals surface area (Å²) in [6.07, 6.45) is 2.23. The first-order valence-electron chi connectivity index (χ1n) is 8.85. The highest BCUT2D eigenvalue weighted by molar-refractivity contribution is 8.01. The topological polar surface area (TPSA) is 85.8 Å². The number of anilines is 1. The number of Topliss-reactive ketones (excluding diaryl/α,β-unsaturated/α-hetero) is 1. The molecule has 27 heavy (non-hydrogen) atoms. The van der Waals surface area contributed by atoms with Crippen molar-refractivity contribution in [3.63, 3.8) is 0 Å². The molecule has 9 heteroatoms. The standard InChI is InChI=1S/C18H23N5O2S2/c1-5-6-7-19-17-20-21-18(27-17)26-10-15(24)14-8-11(2)23(13(14)4)16-9-12(3)25-22-16/h8-9H,5-7,10H2,1-4H3,(H,19,20). The highest BCUT2D eigenvalue weighted by Gasteiger charge is 2.19. The fraction of sp³-hybridized carbons (Fsp3) is 0.444. The quantitative estimate of drug-likeness (QED) is 0.320. The van der Waals surface area contributed by atoms with Crippen molar-refractivity contribution in [1.82, 2.24) is 19.9 Å². The lowest BCUT2D eigenvalue weighted by Crippen LogP contribution is -2.05. The average molecular weight is 406 g/mol. The highest BCUT2D eigenvalue weighted by atomic mass is 32.2. The molecule has 0 aliphatic rings. The van der Waals surface area contributed by atoms with Gasteiger partial charge in [-0.25, -0.2) is 0 Å². The van der Waals surface area contributed by atoms with E-state index in [1.165, 1.54) is 23.1 Å². The Balaban J connectivity index is 1.65. The zero-order chi connectivity index (χ0) is 19.4. The fourth-order valence-corrected chi connectivity index (χ4v) is 4.43. The third-order valence-corrected chi connectivity index (χ3v) is 6.13. The summed E-state index contributed by atoms with van der Waals surface area (Å²) >= 11 is 2.90.